The number of nitrogens with two attached hydrogens (primary N) is 1. The van der Waals surface area contributed by atoms with Crippen LogP contribution in [0.15, 0.2) is 18.2 Å². The van der Waals surface area contributed by atoms with Gasteiger partial charge in [-0.1, -0.05) is 24.6 Å². The molecule has 4 heteroatoms. The van der Waals surface area contributed by atoms with E-state index in [0.717, 1.165) is 6.42 Å². The van der Waals surface area contributed by atoms with Crippen molar-refractivity contribution in [1.29, 1.82) is 0 Å². The van der Waals surface area contributed by atoms with Gasteiger partial charge in [0.2, 0.25) is 0 Å². The zero-order valence-corrected chi connectivity index (χ0v) is 9.54. The molecule has 15 heavy (non-hydrogen) atoms. The Labute approximate surface area is 94.2 Å². The van der Waals surface area contributed by atoms with Crippen LogP contribution >= 0.6 is 11.6 Å². The van der Waals surface area contributed by atoms with E-state index < -0.39 is 5.97 Å². The van der Waals surface area contributed by atoms with Gasteiger partial charge in [-0.15, -0.1) is 0 Å². The van der Waals surface area contributed by atoms with Gasteiger partial charge in [-0.2, -0.15) is 0 Å². The predicted octanol–water partition coefficient (Wildman–Crippen LogP) is 2.88. The first-order valence-electron chi connectivity index (χ1n) is 4.81. The number of benzene rings is 1. The fourth-order valence-corrected chi connectivity index (χ4v) is 1.24. The summed E-state index contributed by atoms with van der Waals surface area (Å²) in [6.07, 6.45) is 0.654. The van der Waals surface area contributed by atoms with Gasteiger partial charge in [0.15, 0.2) is 0 Å². The molecule has 0 aliphatic heterocycles. The van der Waals surface area contributed by atoms with Crippen LogP contribution in [0.3, 0.4) is 0 Å². The third kappa shape index (κ3) is 2.86. The van der Waals surface area contributed by atoms with E-state index in [9.17, 15) is 4.79 Å². The van der Waals surface area contributed by atoms with Crippen molar-refractivity contribution in [3.8, 4) is 0 Å². The number of halogens is 1. The van der Waals surface area contributed by atoms with Crippen molar-refractivity contribution in [2.24, 2.45) is 0 Å². The number of hydrogen-bond acceptors (Lipinski definition) is 3. The first kappa shape index (κ1) is 11.9. The van der Waals surface area contributed by atoms with Gasteiger partial charge in [-0.05, 0) is 25.5 Å². The molecule has 1 rings (SSSR count). The van der Waals surface area contributed by atoms with Crippen molar-refractivity contribution in [2.75, 3.05) is 5.73 Å². The summed E-state index contributed by atoms with van der Waals surface area (Å²) in [6.45, 7) is 3.77. The minimum atomic E-state index is -0.429. The van der Waals surface area contributed by atoms with E-state index in [1.807, 2.05) is 13.8 Å². The van der Waals surface area contributed by atoms with E-state index in [-0.39, 0.29) is 11.1 Å². The Morgan fingerprint density at radius 2 is 2.27 bits per heavy atom. The Bertz CT molecular complexity index is 366. The third-order valence-corrected chi connectivity index (χ3v) is 2.55. The van der Waals surface area contributed by atoms with E-state index in [0.29, 0.717) is 11.3 Å². The third-order valence-electron chi connectivity index (χ3n) is 2.13. The second-order valence-corrected chi connectivity index (χ2v) is 3.71. The van der Waals surface area contributed by atoms with Crippen LogP contribution in [0, 0.1) is 0 Å². The molecule has 82 valence electrons. The Morgan fingerprint density at radius 3 is 2.87 bits per heavy atom. The van der Waals surface area contributed by atoms with Crippen LogP contribution in [0.25, 0.3) is 0 Å². The molecule has 1 atom stereocenters. The summed E-state index contributed by atoms with van der Waals surface area (Å²) in [6, 6.07) is 4.92. The Morgan fingerprint density at radius 1 is 1.60 bits per heavy atom. The van der Waals surface area contributed by atoms with Crippen LogP contribution in [0.4, 0.5) is 5.69 Å². The zero-order chi connectivity index (χ0) is 11.4. The molecule has 0 spiro atoms. The molecule has 0 aliphatic rings. The van der Waals surface area contributed by atoms with Crippen LogP contribution in [0.2, 0.25) is 5.02 Å². The monoisotopic (exact) mass is 227 g/mol. The number of rotatable bonds is 3. The number of esters is 1. The van der Waals surface area contributed by atoms with E-state index in [2.05, 4.69) is 0 Å². The van der Waals surface area contributed by atoms with Crippen molar-refractivity contribution in [1.82, 2.24) is 0 Å². The summed E-state index contributed by atoms with van der Waals surface area (Å²) in [7, 11) is 0. The number of hydrogen-bond donors (Lipinski definition) is 1. The average molecular weight is 228 g/mol. The van der Waals surface area contributed by atoms with Crippen molar-refractivity contribution >= 4 is 23.3 Å². The van der Waals surface area contributed by atoms with Gasteiger partial charge in [0.25, 0.3) is 0 Å². The molecule has 0 saturated heterocycles. The summed E-state index contributed by atoms with van der Waals surface area (Å²) >= 11 is 5.89. The normalized spacial score (nSPS) is 12.2. The molecule has 0 amide bonds. The topological polar surface area (TPSA) is 52.3 Å². The van der Waals surface area contributed by atoms with Gasteiger partial charge < -0.3 is 10.5 Å². The van der Waals surface area contributed by atoms with Crippen molar-refractivity contribution in [3.05, 3.63) is 28.8 Å². The Hall–Kier alpha value is -1.22. The highest BCUT2D eigenvalue weighted by Gasteiger charge is 2.15. The van der Waals surface area contributed by atoms with Gasteiger partial charge in [0, 0.05) is 0 Å². The SMILES string of the molecule is CCC(C)OC(=O)c1cccc(N)c1Cl. The van der Waals surface area contributed by atoms with Gasteiger partial charge in [0.05, 0.1) is 22.4 Å². The van der Waals surface area contributed by atoms with Crippen molar-refractivity contribution < 1.29 is 9.53 Å². The average Bonchev–Trinajstić information content (AvgIpc) is 2.21. The van der Waals surface area contributed by atoms with Gasteiger partial charge >= 0.3 is 5.97 Å². The highest BCUT2D eigenvalue weighted by molar-refractivity contribution is 6.36. The quantitative estimate of drug-likeness (QED) is 0.638. The first-order valence-corrected chi connectivity index (χ1v) is 5.19. The molecule has 3 nitrogen and oxygen atoms in total. The van der Waals surface area contributed by atoms with Crippen LogP contribution in [-0.2, 0) is 4.74 Å². The molecule has 0 saturated carbocycles. The summed E-state index contributed by atoms with van der Waals surface area (Å²) in [5, 5.41) is 0.255. The van der Waals surface area contributed by atoms with Crippen molar-refractivity contribution in [3.63, 3.8) is 0 Å². The lowest BCUT2D eigenvalue weighted by molar-refractivity contribution is 0.0335. The Kier molecular flexibility index (Phi) is 3.97. The largest absolute Gasteiger partial charge is 0.459 e. The maximum Gasteiger partial charge on any atom is 0.339 e. The number of carbonyl (C=O) groups is 1. The molecule has 1 unspecified atom stereocenters. The van der Waals surface area contributed by atoms with Gasteiger partial charge in [-0.25, -0.2) is 4.79 Å². The maximum absolute atomic E-state index is 11.6. The summed E-state index contributed by atoms with van der Waals surface area (Å²) in [5.74, 6) is -0.429. The van der Waals surface area contributed by atoms with E-state index >= 15 is 0 Å². The molecule has 1 aromatic rings. The molecule has 0 radical (unpaired) electrons. The maximum atomic E-state index is 11.6. The number of ether oxygens (including phenoxy) is 1. The molecule has 0 fully saturated rings. The highest BCUT2D eigenvalue weighted by Crippen LogP contribution is 2.24. The van der Waals surface area contributed by atoms with E-state index in [4.69, 9.17) is 22.1 Å². The smallest absolute Gasteiger partial charge is 0.339 e. The zero-order valence-electron chi connectivity index (χ0n) is 8.79. The summed E-state index contributed by atoms with van der Waals surface area (Å²) in [5.41, 5.74) is 6.28. The minimum Gasteiger partial charge on any atom is -0.459 e. The second kappa shape index (κ2) is 5.03. The summed E-state index contributed by atoms with van der Waals surface area (Å²) in [4.78, 5) is 11.6. The lowest BCUT2D eigenvalue weighted by atomic mass is 10.2. The van der Waals surface area contributed by atoms with Gasteiger partial charge in [0.1, 0.15) is 0 Å². The number of anilines is 1. The second-order valence-electron chi connectivity index (χ2n) is 3.33. The molecule has 0 aliphatic carbocycles. The van der Waals surface area contributed by atoms with Crippen LogP contribution < -0.4 is 5.73 Å². The van der Waals surface area contributed by atoms with Crippen LogP contribution in [0.1, 0.15) is 30.6 Å². The van der Waals surface area contributed by atoms with Crippen LogP contribution in [-0.4, -0.2) is 12.1 Å². The van der Waals surface area contributed by atoms with Crippen LogP contribution in [0.5, 0.6) is 0 Å². The highest BCUT2D eigenvalue weighted by atomic mass is 35.5. The number of nitrogen functional groups attached to an aromatic ring is 1. The first-order chi connectivity index (χ1) is 7.06. The van der Waals surface area contributed by atoms with E-state index in [1.54, 1.807) is 18.2 Å². The lowest BCUT2D eigenvalue weighted by Gasteiger charge is -2.12. The van der Waals surface area contributed by atoms with E-state index in [1.165, 1.54) is 0 Å². The van der Waals surface area contributed by atoms with Gasteiger partial charge in [-0.3, -0.25) is 0 Å². The summed E-state index contributed by atoms with van der Waals surface area (Å²) < 4.78 is 5.14. The Balaban J connectivity index is 2.87. The fraction of sp³-hybridized carbons (Fsp3) is 0.364. The molecular weight excluding hydrogens is 214 g/mol. The predicted molar refractivity (Wildman–Crippen MR) is 61.0 cm³/mol. The standard InChI is InChI=1S/C11H14ClNO2/c1-3-7(2)15-11(14)8-5-4-6-9(13)10(8)12/h4-7H,3,13H2,1-2H3. The minimum absolute atomic E-state index is 0.116. The molecular formula is C11H14ClNO2. The fourth-order valence-electron chi connectivity index (χ4n) is 1.04. The molecule has 0 bridgehead atoms. The number of carbonyl (C=O) groups excluding carboxylic acids is 1. The molecule has 0 aromatic heterocycles. The molecule has 0 heterocycles. The molecule has 1 aromatic carbocycles. The molecule has 2 N–H and O–H groups in total. The van der Waals surface area contributed by atoms with Crippen molar-refractivity contribution in [2.45, 2.75) is 26.4 Å². The lowest BCUT2D eigenvalue weighted by Crippen LogP contribution is -2.14.